The first kappa shape index (κ1) is 13.9. The maximum Gasteiger partial charge on any atom is 0.352 e. The van der Waals surface area contributed by atoms with Crippen LogP contribution in [0.15, 0.2) is 36.5 Å². The number of nitrogens with zero attached hydrogens (tertiary/aromatic N) is 1. The summed E-state index contributed by atoms with van der Waals surface area (Å²) in [5, 5.41) is 12.6. The second kappa shape index (κ2) is 4.73. The van der Waals surface area contributed by atoms with Gasteiger partial charge in [-0.05, 0) is 31.4 Å². The molecule has 21 heavy (non-hydrogen) atoms. The second-order valence-corrected chi connectivity index (χ2v) is 5.33. The van der Waals surface area contributed by atoms with E-state index in [0.717, 1.165) is 5.39 Å². The van der Waals surface area contributed by atoms with E-state index in [1.165, 1.54) is 6.20 Å². The molecule has 0 unspecified atom stereocenters. The summed E-state index contributed by atoms with van der Waals surface area (Å²) in [7, 11) is 0. The minimum Gasteiger partial charge on any atom is -0.383 e. The fraction of sp³-hybridized carbons (Fsp3) is 0.333. The molecule has 3 rings (SSSR count). The van der Waals surface area contributed by atoms with E-state index in [1.54, 1.807) is 24.3 Å². The quantitative estimate of drug-likeness (QED) is 0.914. The van der Waals surface area contributed by atoms with Crippen molar-refractivity contribution in [2.75, 3.05) is 5.32 Å². The van der Waals surface area contributed by atoms with Crippen LogP contribution in [0.1, 0.15) is 19.3 Å². The number of alkyl halides is 2. The largest absolute Gasteiger partial charge is 0.383 e. The number of carbonyl (C=O) groups excluding carboxylic acids is 1. The van der Waals surface area contributed by atoms with Crippen LogP contribution in [0.4, 0.5) is 14.5 Å². The molecule has 110 valence electrons. The average Bonchev–Trinajstić information content (AvgIpc) is 2.44. The van der Waals surface area contributed by atoms with Gasteiger partial charge in [-0.1, -0.05) is 18.2 Å². The van der Waals surface area contributed by atoms with Crippen molar-refractivity contribution >= 4 is 22.5 Å². The van der Waals surface area contributed by atoms with E-state index in [4.69, 9.17) is 0 Å². The van der Waals surface area contributed by atoms with E-state index in [9.17, 15) is 18.7 Å². The Morgan fingerprint density at radius 3 is 2.71 bits per heavy atom. The van der Waals surface area contributed by atoms with Crippen LogP contribution in [-0.4, -0.2) is 27.5 Å². The van der Waals surface area contributed by atoms with Crippen molar-refractivity contribution in [2.24, 2.45) is 0 Å². The lowest BCUT2D eigenvalue weighted by Crippen LogP contribution is -2.59. The number of rotatable bonds is 3. The summed E-state index contributed by atoms with van der Waals surface area (Å²) >= 11 is 0. The molecule has 4 nitrogen and oxygen atoms in total. The third-order valence-corrected chi connectivity index (χ3v) is 3.90. The molecule has 1 aliphatic rings. The molecule has 1 aromatic carbocycles. The summed E-state index contributed by atoms with van der Waals surface area (Å²) < 4.78 is 27.9. The van der Waals surface area contributed by atoms with Gasteiger partial charge in [0.1, 0.15) is 5.60 Å². The molecule has 1 heterocycles. The first-order valence-corrected chi connectivity index (χ1v) is 6.69. The van der Waals surface area contributed by atoms with Gasteiger partial charge >= 0.3 is 5.92 Å². The van der Waals surface area contributed by atoms with Gasteiger partial charge in [0.05, 0.1) is 17.4 Å². The lowest BCUT2D eigenvalue weighted by molar-refractivity contribution is -0.212. The SMILES string of the molecule is O=C(Nc1cnc2ccccc2c1)C(F)(F)C1(O)CCC1. The Labute approximate surface area is 119 Å². The Bertz CT molecular complexity index is 699. The molecule has 0 bridgehead atoms. The van der Waals surface area contributed by atoms with Crippen LogP contribution in [-0.2, 0) is 4.79 Å². The predicted octanol–water partition coefficient (Wildman–Crippen LogP) is 2.72. The van der Waals surface area contributed by atoms with Crippen LogP contribution in [0.3, 0.4) is 0 Å². The zero-order valence-corrected chi connectivity index (χ0v) is 11.1. The highest BCUT2D eigenvalue weighted by Gasteiger charge is 2.61. The van der Waals surface area contributed by atoms with Gasteiger partial charge in [-0.2, -0.15) is 8.78 Å². The summed E-state index contributed by atoms with van der Waals surface area (Å²) in [6.07, 6.45) is 1.69. The first-order valence-electron chi connectivity index (χ1n) is 6.69. The number of hydrogen-bond donors (Lipinski definition) is 2. The van der Waals surface area contributed by atoms with Gasteiger partial charge < -0.3 is 10.4 Å². The highest BCUT2D eigenvalue weighted by Crippen LogP contribution is 2.44. The number of fused-ring (bicyclic) bond motifs is 1. The van der Waals surface area contributed by atoms with Crippen molar-refractivity contribution < 1.29 is 18.7 Å². The van der Waals surface area contributed by atoms with E-state index in [1.807, 2.05) is 6.07 Å². The summed E-state index contributed by atoms with van der Waals surface area (Å²) in [5.41, 5.74) is -1.33. The van der Waals surface area contributed by atoms with Gasteiger partial charge in [0.25, 0.3) is 5.91 Å². The number of para-hydroxylation sites is 1. The first-order chi connectivity index (χ1) is 9.92. The third-order valence-electron chi connectivity index (χ3n) is 3.90. The number of pyridine rings is 1. The number of amides is 1. The molecule has 0 radical (unpaired) electrons. The lowest BCUT2D eigenvalue weighted by atomic mass is 9.75. The summed E-state index contributed by atoms with van der Waals surface area (Å²) in [6, 6.07) is 8.73. The van der Waals surface area contributed by atoms with E-state index in [2.05, 4.69) is 10.3 Å². The Kier molecular flexibility index (Phi) is 3.13. The van der Waals surface area contributed by atoms with E-state index in [0.29, 0.717) is 11.9 Å². The molecule has 1 saturated carbocycles. The number of hydrogen-bond acceptors (Lipinski definition) is 3. The molecule has 0 saturated heterocycles. The maximum absolute atomic E-state index is 14.0. The normalized spacial score (nSPS) is 17.3. The fourth-order valence-electron chi connectivity index (χ4n) is 2.39. The fourth-order valence-corrected chi connectivity index (χ4v) is 2.39. The minimum absolute atomic E-state index is 0.0661. The van der Waals surface area contributed by atoms with Crippen molar-refractivity contribution in [1.29, 1.82) is 0 Å². The van der Waals surface area contributed by atoms with Crippen molar-refractivity contribution in [3.05, 3.63) is 36.5 Å². The predicted molar refractivity (Wildman–Crippen MR) is 74.1 cm³/mol. The van der Waals surface area contributed by atoms with Gasteiger partial charge in [0.2, 0.25) is 0 Å². The molecule has 1 fully saturated rings. The number of halogens is 2. The van der Waals surface area contributed by atoms with E-state index >= 15 is 0 Å². The van der Waals surface area contributed by atoms with E-state index in [-0.39, 0.29) is 18.5 Å². The Balaban J connectivity index is 1.82. The number of anilines is 1. The molecule has 1 aliphatic carbocycles. The van der Waals surface area contributed by atoms with Gasteiger partial charge in [-0.25, -0.2) is 0 Å². The third kappa shape index (κ3) is 2.25. The summed E-state index contributed by atoms with van der Waals surface area (Å²) in [5.74, 6) is -5.31. The van der Waals surface area contributed by atoms with Gasteiger partial charge in [0.15, 0.2) is 0 Å². The Hall–Kier alpha value is -2.08. The molecule has 1 aromatic heterocycles. The average molecular weight is 292 g/mol. The van der Waals surface area contributed by atoms with Crippen molar-refractivity contribution in [2.45, 2.75) is 30.8 Å². The number of aliphatic hydroxyl groups is 1. The maximum atomic E-state index is 14.0. The van der Waals surface area contributed by atoms with Crippen LogP contribution in [0.2, 0.25) is 0 Å². The molecule has 2 aromatic rings. The number of carbonyl (C=O) groups is 1. The Morgan fingerprint density at radius 1 is 1.33 bits per heavy atom. The molecule has 6 heteroatoms. The van der Waals surface area contributed by atoms with Gasteiger partial charge in [-0.15, -0.1) is 0 Å². The second-order valence-electron chi connectivity index (χ2n) is 5.33. The summed E-state index contributed by atoms with van der Waals surface area (Å²) in [4.78, 5) is 15.9. The smallest absolute Gasteiger partial charge is 0.352 e. The molecule has 0 atom stereocenters. The minimum atomic E-state index is -3.81. The molecule has 2 N–H and O–H groups in total. The lowest BCUT2D eigenvalue weighted by Gasteiger charge is -2.41. The molecular formula is C15H14F2N2O2. The van der Waals surface area contributed by atoms with Crippen LogP contribution < -0.4 is 5.32 Å². The molecule has 0 aliphatic heterocycles. The van der Waals surface area contributed by atoms with Crippen LogP contribution in [0, 0.1) is 0 Å². The standard InChI is InChI=1S/C15H14F2N2O2/c16-15(17,14(21)6-3-7-14)13(20)19-11-8-10-4-1-2-5-12(10)18-9-11/h1-2,4-5,8-9,21H,3,6-7H2,(H,19,20). The van der Waals surface area contributed by atoms with Crippen molar-refractivity contribution in [1.82, 2.24) is 4.98 Å². The molecule has 0 spiro atoms. The van der Waals surface area contributed by atoms with Gasteiger partial charge in [0, 0.05) is 5.39 Å². The molecule has 1 amide bonds. The van der Waals surface area contributed by atoms with Crippen molar-refractivity contribution in [3.63, 3.8) is 0 Å². The topological polar surface area (TPSA) is 62.2 Å². The van der Waals surface area contributed by atoms with Crippen LogP contribution in [0.25, 0.3) is 10.9 Å². The number of aromatic nitrogens is 1. The zero-order valence-electron chi connectivity index (χ0n) is 11.1. The number of benzene rings is 1. The highest BCUT2D eigenvalue weighted by molar-refractivity contribution is 5.98. The van der Waals surface area contributed by atoms with Crippen molar-refractivity contribution in [3.8, 4) is 0 Å². The zero-order chi connectivity index (χ0) is 15.1. The van der Waals surface area contributed by atoms with Crippen LogP contribution in [0.5, 0.6) is 0 Å². The Morgan fingerprint density at radius 2 is 2.05 bits per heavy atom. The van der Waals surface area contributed by atoms with Crippen LogP contribution >= 0.6 is 0 Å². The van der Waals surface area contributed by atoms with E-state index < -0.39 is 17.4 Å². The monoisotopic (exact) mass is 292 g/mol. The number of nitrogens with one attached hydrogen (secondary N) is 1. The molecular weight excluding hydrogens is 278 g/mol. The summed E-state index contributed by atoms with van der Waals surface area (Å²) in [6.45, 7) is 0. The highest BCUT2D eigenvalue weighted by atomic mass is 19.3. The van der Waals surface area contributed by atoms with Gasteiger partial charge in [-0.3, -0.25) is 9.78 Å².